The van der Waals surface area contributed by atoms with Gasteiger partial charge in [0, 0.05) is 22.8 Å². The summed E-state index contributed by atoms with van der Waals surface area (Å²) in [4.78, 5) is 54.6. The Morgan fingerprint density at radius 3 is 2.28 bits per heavy atom. The fourth-order valence-electron chi connectivity index (χ4n) is 10.9. The molecule has 7 atom stereocenters. The third kappa shape index (κ3) is 4.17. The van der Waals surface area contributed by atoms with Crippen molar-refractivity contribution in [1.29, 1.82) is 5.26 Å². The summed E-state index contributed by atoms with van der Waals surface area (Å²) in [6.07, 6.45) is 11.3. The molecule has 7 nitrogen and oxygen atoms in total. The van der Waals surface area contributed by atoms with Gasteiger partial charge in [0.2, 0.25) is 11.8 Å². The van der Waals surface area contributed by atoms with Gasteiger partial charge >= 0.3 is 0 Å². The maximum atomic E-state index is 14.6. The third-order valence-electron chi connectivity index (χ3n) is 13.7. The number of nitrogens with one attached hydrogen (secondary N) is 2. The molecule has 2 amide bonds. The Kier molecular flexibility index (Phi) is 6.61. The molecule has 0 aromatic carbocycles. The normalized spacial score (nSPS) is 42.5. The van der Waals surface area contributed by atoms with Crippen LogP contribution in [0.1, 0.15) is 106 Å². The van der Waals surface area contributed by atoms with E-state index in [-0.39, 0.29) is 75.5 Å². The van der Waals surface area contributed by atoms with Crippen LogP contribution in [0.25, 0.3) is 0 Å². The number of hydrogen-bond acceptors (Lipinski definition) is 5. The van der Waals surface area contributed by atoms with Crippen LogP contribution in [0.5, 0.6) is 0 Å². The summed E-state index contributed by atoms with van der Waals surface area (Å²) in [5.74, 6) is -0.652. The molecule has 0 aliphatic heterocycles. The number of carbonyl (C=O) groups is 4. The minimum Gasteiger partial charge on any atom is -0.352 e. The second-order valence-electron chi connectivity index (χ2n) is 16.9. The van der Waals surface area contributed by atoms with Gasteiger partial charge in [0.15, 0.2) is 11.6 Å². The van der Waals surface area contributed by atoms with E-state index in [1.54, 1.807) is 0 Å². The first-order chi connectivity index (χ1) is 19.9. The van der Waals surface area contributed by atoms with E-state index >= 15 is 0 Å². The van der Waals surface area contributed by atoms with Crippen LogP contribution in [0.4, 0.5) is 0 Å². The fourth-order valence-corrected chi connectivity index (χ4v) is 10.9. The van der Waals surface area contributed by atoms with Gasteiger partial charge in [0.1, 0.15) is 6.07 Å². The summed E-state index contributed by atoms with van der Waals surface area (Å²) in [5.41, 5.74) is -1.38. The van der Waals surface area contributed by atoms with E-state index in [4.69, 9.17) is 0 Å². The molecule has 0 spiro atoms. The second kappa shape index (κ2) is 9.38. The topological polar surface area (TPSA) is 116 Å². The zero-order valence-corrected chi connectivity index (χ0v) is 27.1. The number of carbonyl (C=O) groups excluding carboxylic acids is 4. The smallest absolute Gasteiger partial charge is 0.239 e. The predicted molar refractivity (Wildman–Crippen MR) is 163 cm³/mol. The lowest BCUT2D eigenvalue weighted by Crippen LogP contribution is -2.66. The molecule has 0 bridgehead atoms. The molecule has 0 radical (unpaired) electrons. The van der Waals surface area contributed by atoms with Crippen molar-refractivity contribution in [1.82, 2.24) is 10.6 Å². The van der Waals surface area contributed by atoms with Gasteiger partial charge in [-0.3, -0.25) is 19.2 Å². The largest absolute Gasteiger partial charge is 0.352 e. The zero-order valence-electron chi connectivity index (χ0n) is 27.1. The number of amides is 2. The summed E-state index contributed by atoms with van der Waals surface area (Å²) in [7, 11) is 0. The Morgan fingerprint density at radius 2 is 1.63 bits per heavy atom. The van der Waals surface area contributed by atoms with E-state index in [0.717, 1.165) is 56.9 Å². The maximum absolute atomic E-state index is 14.6. The number of Topliss-reactive ketones (excluding diaryl/α,β-unsaturated/α-hetero) is 1. The number of hydrogen-bond donors (Lipinski definition) is 2. The molecule has 0 saturated heterocycles. The van der Waals surface area contributed by atoms with Crippen molar-refractivity contribution in [2.45, 2.75) is 112 Å². The molecule has 2 unspecified atom stereocenters. The van der Waals surface area contributed by atoms with Gasteiger partial charge in [-0.05, 0) is 91.9 Å². The Morgan fingerprint density at radius 1 is 0.953 bits per heavy atom. The highest BCUT2D eigenvalue weighted by Crippen LogP contribution is 2.74. The molecule has 4 saturated carbocycles. The molecule has 6 aliphatic rings. The molecule has 43 heavy (non-hydrogen) atoms. The average Bonchev–Trinajstić information content (AvgIpc) is 3.74. The standard InChI is InChI=1S/C36H49N3O4/c1-31(2)12-14-36(30(43)38-20-27(41)39-22-8-9-22)15-13-35(7)28(23(36)18-31)24(40)16-26-33(5)17-21(19-37)29(42)32(3,4)25(33)10-11-34(26,35)6/h16-17,22-23,25,28H,8-15,18,20H2,1-7H3,(H,38,43)(H,39,41)/t23?,25-,28?,33-,34+,35+,36-/m0/s1. The molecular formula is C36H49N3O4. The zero-order chi connectivity index (χ0) is 31.4. The van der Waals surface area contributed by atoms with Gasteiger partial charge < -0.3 is 10.6 Å². The van der Waals surface area contributed by atoms with Crippen molar-refractivity contribution in [3.05, 3.63) is 23.3 Å². The SMILES string of the molecule is CC1(C)CC[C@]2(C(=O)NCC(=O)NC3CC3)CC[C@]3(C)C(C(=O)C=C4[C@@]5(C)C=C(C#N)C(=O)C(C)(C)[C@@H]5CC[C@]43C)C2C1. The highest BCUT2D eigenvalue weighted by atomic mass is 16.2. The Labute approximate surface area is 256 Å². The first-order valence-corrected chi connectivity index (χ1v) is 16.5. The molecule has 6 rings (SSSR count). The van der Waals surface area contributed by atoms with E-state index in [0.29, 0.717) is 6.42 Å². The Hall–Kier alpha value is -2.75. The van der Waals surface area contributed by atoms with Crippen LogP contribution < -0.4 is 10.6 Å². The number of ketones is 2. The van der Waals surface area contributed by atoms with Gasteiger partial charge in [-0.25, -0.2) is 0 Å². The number of rotatable bonds is 4. The summed E-state index contributed by atoms with van der Waals surface area (Å²) in [6.45, 7) is 15.1. The first kappa shape index (κ1) is 30.3. The summed E-state index contributed by atoms with van der Waals surface area (Å²) < 4.78 is 0. The summed E-state index contributed by atoms with van der Waals surface area (Å²) in [5, 5.41) is 15.9. The molecule has 6 aliphatic carbocycles. The molecule has 4 fully saturated rings. The number of fused-ring (bicyclic) bond motifs is 7. The van der Waals surface area contributed by atoms with Crippen molar-refractivity contribution in [3.8, 4) is 6.07 Å². The summed E-state index contributed by atoms with van der Waals surface area (Å²) >= 11 is 0. The van der Waals surface area contributed by atoms with E-state index in [2.05, 4.69) is 51.3 Å². The Balaban J connectivity index is 1.41. The minimum atomic E-state index is -0.698. The van der Waals surface area contributed by atoms with Crippen molar-refractivity contribution in [3.63, 3.8) is 0 Å². The molecule has 0 heterocycles. The first-order valence-electron chi connectivity index (χ1n) is 16.5. The third-order valence-corrected chi connectivity index (χ3v) is 13.7. The van der Waals surface area contributed by atoms with Crippen LogP contribution >= 0.6 is 0 Å². The van der Waals surface area contributed by atoms with Gasteiger partial charge in [-0.15, -0.1) is 0 Å². The number of nitrogens with zero attached hydrogens (tertiary/aromatic N) is 1. The molecular weight excluding hydrogens is 538 g/mol. The van der Waals surface area contributed by atoms with Crippen molar-refractivity contribution < 1.29 is 19.2 Å². The van der Waals surface area contributed by atoms with Crippen molar-refractivity contribution in [2.75, 3.05) is 6.54 Å². The maximum Gasteiger partial charge on any atom is 0.239 e. The van der Waals surface area contributed by atoms with Gasteiger partial charge in [0.25, 0.3) is 0 Å². The van der Waals surface area contributed by atoms with E-state index < -0.39 is 16.2 Å². The quantitative estimate of drug-likeness (QED) is 0.444. The summed E-state index contributed by atoms with van der Waals surface area (Å²) in [6, 6.07) is 2.42. The molecule has 7 heteroatoms. The number of nitriles is 1. The molecule has 2 N–H and O–H groups in total. The van der Waals surface area contributed by atoms with Gasteiger partial charge in [0.05, 0.1) is 17.5 Å². The van der Waals surface area contributed by atoms with Crippen molar-refractivity contribution in [2.24, 2.45) is 50.2 Å². The molecule has 232 valence electrons. The van der Waals surface area contributed by atoms with E-state index in [9.17, 15) is 24.4 Å². The van der Waals surface area contributed by atoms with E-state index in [1.165, 1.54) is 0 Å². The highest BCUT2D eigenvalue weighted by molar-refractivity contribution is 6.04. The monoisotopic (exact) mass is 587 g/mol. The Bertz CT molecular complexity index is 1410. The lowest BCUT2D eigenvalue weighted by atomic mass is 9.34. The van der Waals surface area contributed by atoms with Crippen LogP contribution in [-0.4, -0.2) is 36.0 Å². The second-order valence-corrected chi connectivity index (χ2v) is 16.9. The van der Waals surface area contributed by atoms with Crippen LogP contribution in [0.3, 0.4) is 0 Å². The van der Waals surface area contributed by atoms with Crippen LogP contribution in [-0.2, 0) is 19.2 Å². The van der Waals surface area contributed by atoms with Gasteiger partial charge in [-0.1, -0.05) is 60.1 Å². The number of allylic oxidation sites excluding steroid dienone is 4. The average molecular weight is 588 g/mol. The predicted octanol–water partition coefficient (Wildman–Crippen LogP) is 5.60. The highest BCUT2D eigenvalue weighted by Gasteiger charge is 2.70. The van der Waals surface area contributed by atoms with Crippen molar-refractivity contribution >= 4 is 23.4 Å². The lowest BCUT2D eigenvalue weighted by molar-refractivity contribution is -0.178. The minimum absolute atomic E-state index is 0.000679. The molecule has 0 aromatic rings. The lowest BCUT2D eigenvalue weighted by Gasteiger charge is -2.69. The molecule has 0 aromatic heterocycles. The fraction of sp³-hybridized carbons (Fsp3) is 0.750. The van der Waals surface area contributed by atoms with Crippen LogP contribution in [0.2, 0.25) is 0 Å². The van der Waals surface area contributed by atoms with E-state index in [1.807, 2.05) is 26.0 Å². The van der Waals surface area contributed by atoms with Crippen LogP contribution in [0.15, 0.2) is 23.3 Å². The van der Waals surface area contributed by atoms with Crippen LogP contribution in [0, 0.1) is 61.6 Å². The van der Waals surface area contributed by atoms with Gasteiger partial charge in [-0.2, -0.15) is 5.26 Å².